The molecule has 0 bridgehead atoms. The molecule has 3 fully saturated rings. The number of hydrogen-bond acceptors (Lipinski definition) is 3. The zero-order valence-corrected chi connectivity index (χ0v) is 10.1. The number of hydrogen-bond donors (Lipinski definition) is 1. The molecule has 2 aliphatic heterocycles. The van der Waals surface area contributed by atoms with E-state index in [1.807, 2.05) is 0 Å². The van der Waals surface area contributed by atoms with Crippen molar-refractivity contribution < 1.29 is 5.11 Å². The van der Waals surface area contributed by atoms with Crippen molar-refractivity contribution in [2.45, 2.75) is 56.7 Å². The number of aliphatic hydroxyl groups is 1. The molecule has 16 heavy (non-hydrogen) atoms. The van der Waals surface area contributed by atoms with Gasteiger partial charge in [-0.05, 0) is 58.2 Å². The van der Waals surface area contributed by atoms with E-state index in [0.717, 1.165) is 12.5 Å². The van der Waals surface area contributed by atoms with Gasteiger partial charge < -0.3 is 5.11 Å². The van der Waals surface area contributed by atoms with Crippen LogP contribution in [0, 0.1) is 0 Å². The molecule has 92 valence electrons. The van der Waals surface area contributed by atoms with E-state index in [4.69, 9.17) is 0 Å². The smallest absolute Gasteiger partial charge is 0.0695 e. The molecular formula is C13H24N2O. The fourth-order valence-corrected chi connectivity index (χ4v) is 3.88. The zero-order valence-electron chi connectivity index (χ0n) is 10.1. The van der Waals surface area contributed by atoms with E-state index in [0.29, 0.717) is 6.04 Å². The largest absolute Gasteiger partial charge is 0.391 e. The molecule has 3 rings (SSSR count). The normalized spacial score (nSPS) is 42.2. The van der Waals surface area contributed by atoms with Crippen molar-refractivity contribution in [2.75, 3.05) is 26.2 Å². The molecule has 3 aliphatic rings. The average molecular weight is 224 g/mol. The van der Waals surface area contributed by atoms with Gasteiger partial charge in [0.15, 0.2) is 0 Å². The van der Waals surface area contributed by atoms with Crippen LogP contribution in [0.25, 0.3) is 0 Å². The summed E-state index contributed by atoms with van der Waals surface area (Å²) in [6.45, 7) is 5.01. The highest BCUT2D eigenvalue weighted by Crippen LogP contribution is 2.28. The van der Waals surface area contributed by atoms with Crippen molar-refractivity contribution in [3.05, 3.63) is 0 Å². The standard InChI is InChI=1S/C13H24N2O/c16-13-6-1-5-12(13)15-9-3-8-14-7-2-4-11(14)10-15/h11-13,16H,1-10H2/t11?,12-,13-/m1/s1. The summed E-state index contributed by atoms with van der Waals surface area (Å²) in [6, 6.07) is 1.26. The molecule has 0 radical (unpaired) electrons. The molecule has 0 amide bonds. The topological polar surface area (TPSA) is 26.7 Å². The summed E-state index contributed by atoms with van der Waals surface area (Å²) in [4.78, 5) is 5.26. The quantitative estimate of drug-likeness (QED) is 0.722. The highest BCUT2D eigenvalue weighted by Gasteiger charge is 2.35. The molecule has 0 aromatic heterocycles. The maximum absolute atomic E-state index is 10.0. The van der Waals surface area contributed by atoms with Gasteiger partial charge in [-0.3, -0.25) is 9.80 Å². The second kappa shape index (κ2) is 4.63. The second-order valence-electron chi connectivity index (χ2n) is 5.75. The van der Waals surface area contributed by atoms with Crippen LogP contribution in [0.15, 0.2) is 0 Å². The molecule has 2 saturated heterocycles. The summed E-state index contributed by atoms with van der Waals surface area (Å²) in [5.74, 6) is 0. The summed E-state index contributed by atoms with van der Waals surface area (Å²) in [6.07, 6.45) is 7.46. The molecule has 1 saturated carbocycles. The van der Waals surface area contributed by atoms with Crippen LogP contribution < -0.4 is 0 Å². The van der Waals surface area contributed by atoms with Gasteiger partial charge in [0.05, 0.1) is 6.10 Å². The fourth-order valence-electron chi connectivity index (χ4n) is 3.88. The van der Waals surface area contributed by atoms with Crippen LogP contribution in [-0.2, 0) is 0 Å². The monoisotopic (exact) mass is 224 g/mol. The third kappa shape index (κ3) is 2.01. The first-order chi connectivity index (χ1) is 7.84. The predicted molar refractivity (Wildman–Crippen MR) is 64.4 cm³/mol. The van der Waals surface area contributed by atoms with Gasteiger partial charge in [-0.15, -0.1) is 0 Å². The van der Waals surface area contributed by atoms with Crippen molar-refractivity contribution in [3.63, 3.8) is 0 Å². The lowest BCUT2D eigenvalue weighted by atomic mass is 10.1. The maximum Gasteiger partial charge on any atom is 0.0695 e. The summed E-state index contributed by atoms with van der Waals surface area (Å²) < 4.78 is 0. The molecule has 2 heterocycles. The van der Waals surface area contributed by atoms with Gasteiger partial charge in [0.1, 0.15) is 0 Å². The molecule has 1 N–H and O–H groups in total. The third-order valence-corrected chi connectivity index (χ3v) is 4.75. The Hall–Kier alpha value is -0.120. The summed E-state index contributed by atoms with van der Waals surface area (Å²) in [5.41, 5.74) is 0. The van der Waals surface area contributed by atoms with Crippen LogP contribution in [0.4, 0.5) is 0 Å². The van der Waals surface area contributed by atoms with Crippen LogP contribution in [0.2, 0.25) is 0 Å². The van der Waals surface area contributed by atoms with Crippen LogP contribution in [-0.4, -0.2) is 59.3 Å². The minimum absolute atomic E-state index is 0.0482. The first-order valence-electron chi connectivity index (χ1n) is 7.01. The first-order valence-corrected chi connectivity index (χ1v) is 7.01. The van der Waals surface area contributed by atoms with E-state index in [-0.39, 0.29) is 6.10 Å². The van der Waals surface area contributed by atoms with E-state index in [9.17, 15) is 5.11 Å². The number of fused-ring (bicyclic) bond motifs is 1. The Balaban J connectivity index is 1.66. The van der Waals surface area contributed by atoms with Crippen molar-refractivity contribution in [1.29, 1.82) is 0 Å². The Morgan fingerprint density at radius 2 is 1.62 bits per heavy atom. The molecule has 0 spiro atoms. The average Bonchev–Trinajstić information content (AvgIpc) is 2.83. The summed E-state index contributed by atoms with van der Waals surface area (Å²) in [7, 11) is 0. The highest BCUT2D eigenvalue weighted by molar-refractivity contribution is 4.91. The van der Waals surface area contributed by atoms with Gasteiger partial charge in [0.25, 0.3) is 0 Å². The second-order valence-corrected chi connectivity index (χ2v) is 5.75. The molecule has 0 aromatic carbocycles. The van der Waals surface area contributed by atoms with Crippen molar-refractivity contribution in [3.8, 4) is 0 Å². The summed E-state index contributed by atoms with van der Waals surface area (Å²) in [5, 5.41) is 10.0. The van der Waals surface area contributed by atoms with E-state index < -0.39 is 0 Å². The molecule has 3 atom stereocenters. The Kier molecular flexibility index (Phi) is 3.18. The van der Waals surface area contributed by atoms with Gasteiger partial charge in [-0.25, -0.2) is 0 Å². The van der Waals surface area contributed by atoms with Gasteiger partial charge >= 0.3 is 0 Å². The Bertz CT molecular complexity index is 246. The Labute approximate surface area is 98.4 Å². The fraction of sp³-hybridized carbons (Fsp3) is 1.00. The lowest BCUT2D eigenvalue weighted by Crippen LogP contribution is -2.45. The van der Waals surface area contributed by atoms with Crippen LogP contribution >= 0.6 is 0 Å². The first kappa shape index (κ1) is 11.0. The summed E-state index contributed by atoms with van der Waals surface area (Å²) >= 11 is 0. The molecular weight excluding hydrogens is 200 g/mol. The van der Waals surface area contributed by atoms with E-state index >= 15 is 0 Å². The third-order valence-electron chi connectivity index (χ3n) is 4.75. The van der Waals surface area contributed by atoms with E-state index in [1.165, 1.54) is 58.3 Å². The SMILES string of the molecule is O[C@@H]1CCC[C@H]1N1CCCN2CCCC2C1. The highest BCUT2D eigenvalue weighted by atomic mass is 16.3. The zero-order chi connectivity index (χ0) is 11.0. The van der Waals surface area contributed by atoms with Crippen molar-refractivity contribution >= 4 is 0 Å². The lowest BCUT2D eigenvalue weighted by Gasteiger charge is -2.32. The maximum atomic E-state index is 10.0. The van der Waals surface area contributed by atoms with Gasteiger partial charge in [0.2, 0.25) is 0 Å². The molecule has 1 unspecified atom stereocenters. The Morgan fingerprint density at radius 1 is 0.812 bits per heavy atom. The number of rotatable bonds is 1. The molecule has 0 aromatic rings. The van der Waals surface area contributed by atoms with Gasteiger partial charge in [-0.2, -0.15) is 0 Å². The van der Waals surface area contributed by atoms with Gasteiger partial charge in [-0.1, -0.05) is 0 Å². The molecule has 1 aliphatic carbocycles. The van der Waals surface area contributed by atoms with Gasteiger partial charge in [0, 0.05) is 18.6 Å². The minimum Gasteiger partial charge on any atom is -0.391 e. The van der Waals surface area contributed by atoms with E-state index in [1.54, 1.807) is 0 Å². The predicted octanol–water partition coefficient (Wildman–Crippen LogP) is 1.07. The van der Waals surface area contributed by atoms with Crippen LogP contribution in [0.1, 0.15) is 38.5 Å². The lowest BCUT2D eigenvalue weighted by molar-refractivity contribution is 0.0662. The number of nitrogens with zero attached hydrogens (tertiary/aromatic N) is 2. The molecule has 3 heteroatoms. The van der Waals surface area contributed by atoms with Crippen LogP contribution in [0.5, 0.6) is 0 Å². The van der Waals surface area contributed by atoms with Crippen molar-refractivity contribution in [1.82, 2.24) is 9.80 Å². The Morgan fingerprint density at radius 3 is 2.44 bits per heavy atom. The minimum atomic E-state index is -0.0482. The molecule has 3 nitrogen and oxygen atoms in total. The van der Waals surface area contributed by atoms with E-state index in [2.05, 4.69) is 9.80 Å². The van der Waals surface area contributed by atoms with Crippen LogP contribution in [0.3, 0.4) is 0 Å². The number of aliphatic hydroxyl groups excluding tert-OH is 1. The van der Waals surface area contributed by atoms with Crippen molar-refractivity contribution in [2.24, 2.45) is 0 Å².